The zero-order valence-electron chi connectivity index (χ0n) is 12.5. The lowest BCUT2D eigenvalue weighted by atomic mass is 10.2. The van der Waals surface area contributed by atoms with E-state index in [-0.39, 0.29) is 6.10 Å². The van der Waals surface area contributed by atoms with Crippen molar-refractivity contribution < 1.29 is 9.47 Å². The van der Waals surface area contributed by atoms with Gasteiger partial charge in [-0.25, -0.2) is 0 Å². The highest BCUT2D eigenvalue weighted by Crippen LogP contribution is 2.27. The summed E-state index contributed by atoms with van der Waals surface area (Å²) in [6.45, 7) is 7.75. The van der Waals surface area contributed by atoms with E-state index in [2.05, 4.69) is 32.2 Å². The van der Waals surface area contributed by atoms with Gasteiger partial charge in [-0.2, -0.15) is 0 Å². The number of ether oxygens (including phenoxy) is 2. The second-order valence-corrected chi connectivity index (χ2v) is 6.16. The van der Waals surface area contributed by atoms with E-state index in [1.165, 1.54) is 5.56 Å². The number of benzene rings is 1. The van der Waals surface area contributed by atoms with E-state index < -0.39 is 0 Å². The number of hydrogen-bond acceptors (Lipinski definition) is 3. The number of nitrogens with one attached hydrogen (secondary N) is 1. The van der Waals surface area contributed by atoms with Crippen LogP contribution in [0, 0.1) is 0 Å². The van der Waals surface area contributed by atoms with Gasteiger partial charge in [-0.3, -0.25) is 0 Å². The first kappa shape index (κ1) is 15.6. The first-order chi connectivity index (χ1) is 9.54. The van der Waals surface area contributed by atoms with Gasteiger partial charge in [0.2, 0.25) is 0 Å². The Morgan fingerprint density at radius 1 is 1.40 bits per heavy atom. The van der Waals surface area contributed by atoms with Crippen LogP contribution < -0.4 is 10.1 Å². The summed E-state index contributed by atoms with van der Waals surface area (Å²) in [4.78, 5) is 0. The molecule has 0 aliphatic carbocycles. The van der Waals surface area contributed by atoms with Crippen molar-refractivity contribution in [2.75, 3.05) is 6.61 Å². The molecule has 0 saturated carbocycles. The third-order valence-corrected chi connectivity index (χ3v) is 3.75. The van der Waals surface area contributed by atoms with Crippen LogP contribution in [-0.4, -0.2) is 24.9 Å². The van der Waals surface area contributed by atoms with Crippen LogP contribution in [0.2, 0.25) is 5.02 Å². The molecule has 0 radical (unpaired) electrons. The Hall–Kier alpha value is -0.770. The summed E-state index contributed by atoms with van der Waals surface area (Å²) < 4.78 is 11.5. The quantitative estimate of drug-likeness (QED) is 0.867. The minimum atomic E-state index is 0.198. The fraction of sp³-hybridized carbons (Fsp3) is 0.625. The lowest BCUT2D eigenvalue weighted by Crippen LogP contribution is -2.21. The van der Waals surface area contributed by atoms with Gasteiger partial charge in [0.15, 0.2) is 0 Å². The first-order valence-electron chi connectivity index (χ1n) is 7.34. The zero-order chi connectivity index (χ0) is 14.5. The smallest absolute Gasteiger partial charge is 0.138 e. The molecule has 1 aromatic carbocycles. The molecule has 1 aliphatic rings. The Labute approximate surface area is 126 Å². The molecule has 4 heteroatoms. The van der Waals surface area contributed by atoms with Crippen molar-refractivity contribution in [1.82, 2.24) is 5.32 Å². The van der Waals surface area contributed by atoms with E-state index >= 15 is 0 Å². The van der Waals surface area contributed by atoms with Gasteiger partial charge in [0, 0.05) is 12.6 Å². The van der Waals surface area contributed by atoms with Crippen molar-refractivity contribution >= 4 is 11.6 Å². The third kappa shape index (κ3) is 4.65. The van der Waals surface area contributed by atoms with E-state index in [1.54, 1.807) is 0 Å². The number of halogens is 1. The number of rotatable bonds is 6. The molecule has 0 bridgehead atoms. The molecule has 1 aromatic rings. The van der Waals surface area contributed by atoms with E-state index in [0.717, 1.165) is 25.1 Å². The molecule has 0 spiro atoms. The van der Waals surface area contributed by atoms with Crippen LogP contribution in [0.15, 0.2) is 18.2 Å². The molecule has 1 aliphatic heterocycles. The molecule has 1 N–H and O–H groups in total. The van der Waals surface area contributed by atoms with Gasteiger partial charge in [-0.05, 0) is 37.5 Å². The van der Waals surface area contributed by atoms with E-state index in [0.29, 0.717) is 23.8 Å². The lowest BCUT2D eigenvalue weighted by Gasteiger charge is -2.14. The SMILES string of the molecule is CC(C)NCc1ccc(OCC2CCC(C)O2)c(Cl)c1. The van der Waals surface area contributed by atoms with Crippen molar-refractivity contribution in [3.63, 3.8) is 0 Å². The fourth-order valence-electron chi connectivity index (χ4n) is 2.28. The molecular formula is C16H24ClNO2. The van der Waals surface area contributed by atoms with E-state index in [9.17, 15) is 0 Å². The Morgan fingerprint density at radius 3 is 2.80 bits per heavy atom. The molecule has 1 saturated heterocycles. The standard InChI is InChI=1S/C16H24ClNO2/c1-11(2)18-9-13-5-7-16(15(17)8-13)19-10-14-6-4-12(3)20-14/h5,7-8,11-12,14,18H,4,6,9-10H2,1-3H3. The van der Waals surface area contributed by atoms with Crippen LogP contribution in [0.5, 0.6) is 5.75 Å². The van der Waals surface area contributed by atoms with Gasteiger partial charge in [0.25, 0.3) is 0 Å². The van der Waals surface area contributed by atoms with Gasteiger partial charge >= 0.3 is 0 Å². The molecule has 0 aromatic heterocycles. The van der Waals surface area contributed by atoms with Crippen LogP contribution in [0.3, 0.4) is 0 Å². The highest BCUT2D eigenvalue weighted by molar-refractivity contribution is 6.32. The number of hydrogen-bond donors (Lipinski definition) is 1. The Kier molecular flexibility index (Phi) is 5.70. The topological polar surface area (TPSA) is 30.5 Å². The zero-order valence-corrected chi connectivity index (χ0v) is 13.2. The van der Waals surface area contributed by atoms with Gasteiger partial charge in [-0.15, -0.1) is 0 Å². The van der Waals surface area contributed by atoms with Gasteiger partial charge in [-0.1, -0.05) is 31.5 Å². The maximum Gasteiger partial charge on any atom is 0.138 e. The Balaban J connectivity index is 1.85. The molecule has 2 atom stereocenters. The van der Waals surface area contributed by atoms with Gasteiger partial charge in [0.1, 0.15) is 12.4 Å². The van der Waals surface area contributed by atoms with Crippen LogP contribution in [-0.2, 0) is 11.3 Å². The molecule has 112 valence electrons. The predicted octanol–water partition coefficient (Wildman–Crippen LogP) is 3.78. The summed E-state index contributed by atoms with van der Waals surface area (Å²) in [7, 11) is 0. The largest absolute Gasteiger partial charge is 0.489 e. The third-order valence-electron chi connectivity index (χ3n) is 3.46. The maximum absolute atomic E-state index is 6.27. The average Bonchev–Trinajstić information content (AvgIpc) is 2.81. The van der Waals surface area contributed by atoms with Crippen molar-refractivity contribution in [3.05, 3.63) is 28.8 Å². The molecule has 2 unspecified atom stereocenters. The minimum Gasteiger partial charge on any atom is -0.489 e. The lowest BCUT2D eigenvalue weighted by molar-refractivity contribution is 0.0265. The molecule has 1 heterocycles. The average molecular weight is 298 g/mol. The molecular weight excluding hydrogens is 274 g/mol. The van der Waals surface area contributed by atoms with Crippen LogP contribution >= 0.6 is 11.6 Å². The summed E-state index contributed by atoms with van der Waals surface area (Å²) in [5.74, 6) is 0.739. The summed E-state index contributed by atoms with van der Waals surface area (Å²) in [5.41, 5.74) is 1.17. The minimum absolute atomic E-state index is 0.198. The summed E-state index contributed by atoms with van der Waals surface area (Å²) in [6, 6.07) is 6.42. The molecule has 2 rings (SSSR count). The summed E-state index contributed by atoms with van der Waals surface area (Å²) in [5, 5.41) is 4.04. The van der Waals surface area contributed by atoms with Crippen molar-refractivity contribution in [1.29, 1.82) is 0 Å². The fourth-order valence-corrected chi connectivity index (χ4v) is 2.54. The molecule has 20 heavy (non-hydrogen) atoms. The monoisotopic (exact) mass is 297 g/mol. The Morgan fingerprint density at radius 2 is 2.20 bits per heavy atom. The molecule has 1 fully saturated rings. The van der Waals surface area contributed by atoms with Gasteiger partial charge < -0.3 is 14.8 Å². The predicted molar refractivity (Wildman–Crippen MR) is 82.5 cm³/mol. The maximum atomic E-state index is 6.27. The second-order valence-electron chi connectivity index (χ2n) is 5.76. The van der Waals surface area contributed by atoms with Crippen LogP contribution in [0.25, 0.3) is 0 Å². The highest BCUT2D eigenvalue weighted by atomic mass is 35.5. The van der Waals surface area contributed by atoms with Gasteiger partial charge in [0.05, 0.1) is 17.2 Å². The normalized spacial score (nSPS) is 22.4. The van der Waals surface area contributed by atoms with Crippen molar-refractivity contribution in [2.24, 2.45) is 0 Å². The van der Waals surface area contributed by atoms with Crippen molar-refractivity contribution in [3.8, 4) is 5.75 Å². The molecule has 3 nitrogen and oxygen atoms in total. The van der Waals surface area contributed by atoms with E-state index in [1.807, 2.05) is 12.1 Å². The summed E-state index contributed by atoms with van der Waals surface area (Å²) in [6.07, 6.45) is 2.73. The Bertz CT molecular complexity index is 436. The summed E-state index contributed by atoms with van der Waals surface area (Å²) >= 11 is 6.27. The first-order valence-corrected chi connectivity index (χ1v) is 7.72. The highest BCUT2D eigenvalue weighted by Gasteiger charge is 2.22. The van der Waals surface area contributed by atoms with Crippen molar-refractivity contribution in [2.45, 2.75) is 58.4 Å². The second kappa shape index (κ2) is 7.30. The van der Waals surface area contributed by atoms with Crippen LogP contribution in [0.4, 0.5) is 0 Å². The van der Waals surface area contributed by atoms with E-state index in [4.69, 9.17) is 21.1 Å². The van der Waals surface area contributed by atoms with Crippen LogP contribution in [0.1, 0.15) is 39.2 Å². The molecule has 0 amide bonds.